The highest BCUT2D eigenvalue weighted by Gasteiger charge is 2.28. The van der Waals surface area contributed by atoms with Gasteiger partial charge in [0.05, 0.1) is 0 Å². The number of fused-ring (bicyclic) bond motifs is 1. The number of nitrogens with two attached hydrogens (primary N) is 1. The first-order valence-electron chi connectivity index (χ1n) is 6.60. The molecule has 3 N–H and O–H groups in total. The maximum atomic E-state index is 12.7. The van der Waals surface area contributed by atoms with E-state index >= 15 is 0 Å². The van der Waals surface area contributed by atoms with E-state index in [1.807, 2.05) is 32.8 Å². The third kappa shape index (κ3) is 3.37. The summed E-state index contributed by atoms with van der Waals surface area (Å²) in [7, 11) is 0.0928. The van der Waals surface area contributed by atoms with Crippen molar-refractivity contribution in [2.45, 2.75) is 24.9 Å². The van der Waals surface area contributed by atoms with Crippen molar-refractivity contribution in [3.63, 3.8) is 0 Å². The number of hydrogen-bond acceptors (Lipinski definition) is 6. The van der Waals surface area contributed by atoms with Gasteiger partial charge in [-0.15, -0.1) is 11.3 Å². The van der Waals surface area contributed by atoms with Crippen molar-refractivity contribution in [2.24, 2.45) is 5.92 Å². The van der Waals surface area contributed by atoms with E-state index in [1.54, 1.807) is 11.6 Å². The highest BCUT2D eigenvalue weighted by atomic mass is 32.2. The number of rotatable bonds is 6. The average Bonchev–Trinajstić information content (AvgIpc) is 2.85. The zero-order valence-corrected chi connectivity index (χ0v) is 14.2. The number of likely N-dealkylation sites (N-methyl/N-ethyl adjacent to an activating group) is 1. The highest BCUT2D eigenvalue weighted by molar-refractivity contribution is 7.89. The van der Waals surface area contributed by atoms with Crippen molar-refractivity contribution in [2.75, 3.05) is 26.4 Å². The van der Waals surface area contributed by atoms with Gasteiger partial charge in [-0.3, -0.25) is 4.40 Å². The SMILES string of the molecule is CC(C)C(CN(C)C)NS(=O)(=O)c1c(N)nc2sccn12. The molecule has 21 heavy (non-hydrogen) atoms. The number of hydrogen-bond donors (Lipinski definition) is 2. The van der Waals surface area contributed by atoms with Crippen LogP contribution in [-0.2, 0) is 10.0 Å². The van der Waals surface area contributed by atoms with Gasteiger partial charge in [0, 0.05) is 24.2 Å². The molecule has 2 aromatic heterocycles. The summed E-state index contributed by atoms with van der Waals surface area (Å²) in [6, 6.07) is -0.200. The fourth-order valence-electron chi connectivity index (χ4n) is 2.08. The number of aromatic nitrogens is 2. The molecule has 0 saturated heterocycles. The lowest BCUT2D eigenvalue weighted by Crippen LogP contribution is -2.45. The van der Waals surface area contributed by atoms with Gasteiger partial charge in [0.25, 0.3) is 10.0 Å². The molecule has 0 spiro atoms. The molecule has 0 saturated carbocycles. The van der Waals surface area contributed by atoms with E-state index in [0.29, 0.717) is 11.5 Å². The lowest BCUT2D eigenvalue weighted by Gasteiger charge is -2.25. The Kier molecular flexibility index (Phi) is 4.57. The normalized spacial score (nSPS) is 14.4. The molecular weight excluding hydrogens is 310 g/mol. The molecular formula is C12H21N5O2S2. The maximum absolute atomic E-state index is 12.7. The van der Waals surface area contributed by atoms with Crippen LogP contribution in [0.5, 0.6) is 0 Å². The minimum absolute atomic E-state index is 0.0168. The Morgan fingerprint density at radius 3 is 2.71 bits per heavy atom. The van der Waals surface area contributed by atoms with Gasteiger partial charge in [-0.25, -0.2) is 18.1 Å². The summed E-state index contributed by atoms with van der Waals surface area (Å²) in [6.07, 6.45) is 1.66. The van der Waals surface area contributed by atoms with Gasteiger partial charge < -0.3 is 10.6 Å². The molecule has 1 unspecified atom stereocenters. The van der Waals surface area contributed by atoms with Gasteiger partial charge in [0.15, 0.2) is 15.8 Å². The molecule has 0 aromatic carbocycles. The third-order valence-corrected chi connectivity index (χ3v) is 5.46. The van der Waals surface area contributed by atoms with Crippen LogP contribution in [0, 0.1) is 5.92 Å². The third-order valence-electron chi connectivity index (χ3n) is 3.17. The number of sulfonamides is 1. The summed E-state index contributed by atoms with van der Waals surface area (Å²) in [4.78, 5) is 6.60. The molecule has 0 aliphatic carbocycles. The summed E-state index contributed by atoms with van der Waals surface area (Å²) in [6.45, 7) is 4.58. The van der Waals surface area contributed by atoms with E-state index in [9.17, 15) is 8.42 Å². The summed E-state index contributed by atoms with van der Waals surface area (Å²) < 4.78 is 29.6. The molecule has 7 nitrogen and oxygen atoms in total. The second kappa shape index (κ2) is 5.91. The minimum atomic E-state index is -3.73. The fraction of sp³-hybridized carbons (Fsp3) is 0.583. The van der Waals surface area contributed by atoms with Crippen LogP contribution in [0.3, 0.4) is 0 Å². The summed E-state index contributed by atoms with van der Waals surface area (Å²) in [5.74, 6) is 0.191. The van der Waals surface area contributed by atoms with Crippen molar-refractivity contribution in [1.29, 1.82) is 0 Å². The predicted octanol–water partition coefficient (Wildman–Crippen LogP) is 0.842. The van der Waals surface area contributed by atoms with E-state index in [1.165, 1.54) is 15.7 Å². The van der Waals surface area contributed by atoms with Crippen LogP contribution in [0.15, 0.2) is 16.6 Å². The Hall–Kier alpha value is -1.16. The fourth-order valence-corrected chi connectivity index (χ4v) is 4.44. The van der Waals surface area contributed by atoms with E-state index < -0.39 is 10.0 Å². The number of imidazole rings is 1. The molecule has 2 rings (SSSR count). The molecule has 0 radical (unpaired) electrons. The monoisotopic (exact) mass is 331 g/mol. The maximum Gasteiger partial charge on any atom is 0.260 e. The second-order valence-corrected chi connectivity index (χ2v) is 8.09. The van der Waals surface area contributed by atoms with Crippen molar-refractivity contribution in [1.82, 2.24) is 19.0 Å². The minimum Gasteiger partial charge on any atom is -0.381 e. The number of thiazole rings is 1. The van der Waals surface area contributed by atoms with E-state index in [-0.39, 0.29) is 22.8 Å². The largest absolute Gasteiger partial charge is 0.381 e. The summed E-state index contributed by atoms with van der Waals surface area (Å²) in [5.41, 5.74) is 5.78. The topological polar surface area (TPSA) is 92.7 Å². The lowest BCUT2D eigenvalue weighted by molar-refractivity contribution is 0.314. The van der Waals surface area contributed by atoms with E-state index in [2.05, 4.69) is 9.71 Å². The van der Waals surface area contributed by atoms with Gasteiger partial charge in [0.2, 0.25) is 0 Å². The number of nitrogen functional groups attached to an aromatic ring is 1. The molecule has 0 amide bonds. The zero-order chi connectivity index (χ0) is 15.8. The predicted molar refractivity (Wildman–Crippen MR) is 85.0 cm³/mol. The molecule has 0 bridgehead atoms. The van der Waals surface area contributed by atoms with Gasteiger partial charge in [0.1, 0.15) is 0 Å². The Morgan fingerprint density at radius 1 is 1.48 bits per heavy atom. The molecule has 0 aliphatic rings. The van der Waals surface area contributed by atoms with Crippen molar-refractivity contribution in [3.8, 4) is 0 Å². The second-order valence-electron chi connectivity index (χ2n) is 5.59. The lowest BCUT2D eigenvalue weighted by atomic mass is 10.1. The Labute approximate surface area is 128 Å². The van der Waals surface area contributed by atoms with Crippen LogP contribution in [0.25, 0.3) is 4.96 Å². The van der Waals surface area contributed by atoms with Crippen LogP contribution in [0.2, 0.25) is 0 Å². The quantitative estimate of drug-likeness (QED) is 0.818. The smallest absolute Gasteiger partial charge is 0.260 e. The van der Waals surface area contributed by atoms with Gasteiger partial charge >= 0.3 is 0 Å². The first kappa shape index (κ1) is 16.2. The van der Waals surface area contributed by atoms with Gasteiger partial charge in [-0.2, -0.15) is 0 Å². The Bertz CT molecular complexity index is 717. The number of anilines is 1. The van der Waals surface area contributed by atoms with Crippen molar-refractivity contribution < 1.29 is 8.42 Å². The molecule has 0 fully saturated rings. The number of nitrogens with one attached hydrogen (secondary N) is 1. The van der Waals surface area contributed by atoms with Crippen LogP contribution in [-0.4, -0.2) is 49.4 Å². The molecule has 118 valence electrons. The van der Waals surface area contributed by atoms with Crippen molar-refractivity contribution in [3.05, 3.63) is 11.6 Å². The standard InChI is InChI=1S/C12H21N5O2S2/c1-8(2)9(7-16(3)4)15-21(18,19)11-10(13)14-12-17(11)5-6-20-12/h5-6,8-9,15H,7,13H2,1-4H3. The van der Waals surface area contributed by atoms with Crippen LogP contribution >= 0.6 is 11.3 Å². The summed E-state index contributed by atoms with van der Waals surface area (Å²) in [5, 5.41) is 1.80. The molecule has 2 aromatic rings. The molecule has 2 heterocycles. The zero-order valence-electron chi connectivity index (χ0n) is 12.6. The Morgan fingerprint density at radius 2 is 2.14 bits per heavy atom. The first-order chi connectivity index (χ1) is 9.72. The van der Waals surface area contributed by atoms with Crippen LogP contribution in [0.1, 0.15) is 13.8 Å². The first-order valence-corrected chi connectivity index (χ1v) is 8.96. The molecule has 0 aliphatic heterocycles. The van der Waals surface area contributed by atoms with Crippen LogP contribution < -0.4 is 10.5 Å². The average molecular weight is 331 g/mol. The highest BCUT2D eigenvalue weighted by Crippen LogP contribution is 2.23. The summed E-state index contributed by atoms with van der Waals surface area (Å²) >= 11 is 1.35. The van der Waals surface area contributed by atoms with Gasteiger partial charge in [-0.05, 0) is 20.0 Å². The van der Waals surface area contributed by atoms with Gasteiger partial charge in [-0.1, -0.05) is 13.8 Å². The Balaban J connectivity index is 2.37. The number of nitrogens with zero attached hydrogens (tertiary/aromatic N) is 3. The molecule has 9 heteroatoms. The molecule has 1 atom stereocenters. The van der Waals surface area contributed by atoms with E-state index in [4.69, 9.17) is 5.73 Å². The van der Waals surface area contributed by atoms with E-state index in [0.717, 1.165) is 0 Å². The van der Waals surface area contributed by atoms with Crippen molar-refractivity contribution >= 4 is 32.1 Å². The van der Waals surface area contributed by atoms with Crippen LogP contribution in [0.4, 0.5) is 5.82 Å².